The maximum absolute atomic E-state index is 14.0. The van der Waals surface area contributed by atoms with E-state index in [0.717, 1.165) is 15.3 Å². The average Bonchev–Trinajstić information content (AvgIpc) is 3.17. The molecule has 0 bridgehead atoms. The standard InChI is InChI=1S/C19H21FN2O3S2/c20-16-9-4-5-11-18(16)27(24,25)22-13-6-10-17(22)19(23)21-12-14-26-15-7-2-1-3-8-15/h1-5,7-9,11,17H,6,10,12-14H2,(H,21,23). The highest BCUT2D eigenvalue weighted by Gasteiger charge is 2.40. The molecule has 1 fully saturated rings. The Morgan fingerprint density at radius 3 is 2.59 bits per heavy atom. The molecule has 1 aliphatic rings. The van der Waals surface area contributed by atoms with E-state index in [1.807, 2.05) is 30.3 Å². The normalized spacial score (nSPS) is 17.7. The van der Waals surface area contributed by atoms with Crippen LogP contribution in [-0.2, 0) is 14.8 Å². The molecule has 1 N–H and O–H groups in total. The summed E-state index contributed by atoms with van der Waals surface area (Å²) in [5.41, 5.74) is 0. The van der Waals surface area contributed by atoms with Crippen LogP contribution < -0.4 is 5.32 Å². The molecule has 27 heavy (non-hydrogen) atoms. The van der Waals surface area contributed by atoms with Crippen LogP contribution in [0.4, 0.5) is 4.39 Å². The molecule has 2 aromatic rings. The number of amides is 1. The number of sulfonamides is 1. The van der Waals surface area contributed by atoms with Crippen LogP contribution >= 0.6 is 11.8 Å². The van der Waals surface area contributed by atoms with Crippen molar-refractivity contribution in [1.82, 2.24) is 9.62 Å². The monoisotopic (exact) mass is 408 g/mol. The van der Waals surface area contributed by atoms with Crippen molar-refractivity contribution < 1.29 is 17.6 Å². The van der Waals surface area contributed by atoms with E-state index < -0.39 is 21.9 Å². The Labute approximate surface area is 163 Å². The van der Waals surface area contributed by atoms with Crippen molar-refractivity contribution >= 4 is 27.7 Å². The number of carbonyl (C=O) groups is 1. The fraction of sp³-hybridized carbons (Fsp3) is 0.316. The number of hydrogen-bond acceptors (Lipinski definition) is 4. The summed E-state index contributed by atoms with van der Waals surface area (Å²) >= 11 is 1.61. The first-order chi connectivity index (χ1) is 13.0. The Hall–Kier alpha value is -1.90. The van der Waals surface area contributed by atoms with Gasteiger partial charge in [-0.2, -0.15) is 4.31 Å². The Morgan fingerprint density at radius 2 is 1.85 bits per heavy atom. The zero-order chi connectivity index (χ0) is 19.3. The van der Waals surface area contributed by atoms with Crippen molar-refractivity contribution in [2.75, 3.05) is 18.8 Å². The molecular weight excluding hydrogens is 387 g/mol. The summed E-state index contributed by atoms with van der Waals surface area (Å²) in [6.07, 6.45) is 1.01. The lowest BCUT2D eigenvalue weighted by Crippen LogP contribution is -2.46. The molecule has 0 aromatic heterocycles. The highest BCUT2D eigenvalue weighted by atomic mass is 32.2. The predicted molar refractivity (Wildman–Crippen MR) is 103 cm³/mol. The average molecular weight is 409 g/mol. The lowest BCUT2D eigenvalue weighted by atomic mass is 10.2. The van der Waals surface area contributed by atoms with Crippen LogP contribution in [0.2, 0.25) is 0 Å². The number of rotatable bonds is 7. The lowest BCUT2D eigenvalue weighted by molar-refractivity contribution is -0.124. The van der Waals surface area contributed by atoms with E-state index >= 15 is 0 Å². The van der Waals surface area contributed by atoms with Gasteiger partial charge in [0.15, 0.2) is 0 Å². The third kappa shape index (κ3) is 4.69. The van der Waals surface area contributed by atoms with Gasteiger partial charge in [0.05, 0.1) is 0 Å². The summed E-state index contributed by atoms with van der Waals surface area (Å²) in [5.74, 6) is -0.452. The zero-order valence-electron chi connectivity index (χ0n) is 14.7. The number of benzene rings is 2. The highest BCUT2D eigenvalue weighted by molar-refractivity contribution is 7.99. The number of carbonyl (C=O) groups excluding carboxylic acids is 1. The molecule has 0 saturated carbocycles. The van der Waals surface area contributed by atoms with Gasteiger partial charge >= 0.3 is 0 Å². The first-order valence-corrected chi connectivity index (χ1v) is 11.1. The van der Waals surface area contributed by atoms with Crippen molar-refractivity contribution in [3.05, 3.63) is 60.4 Å². The minimum atomic E-state index is -4.04. The van der Waals surface area contributed by atoms with E-state index in [-0.39, 0.29) is 17.3 Å². The maximum atomic E-state index is 14.0. The van der Waals surface area contributed by atoms with Gasteiger partial charge in [0.2, 0.25) is 15.9 Å². The van der Waals surface area contributed by atoms with E-state index in [2.05, 4.69) is 5.32 Å². The molecule has 8 heteroatoms. The topological polar surface area (TPSA) is 66.5 Å². The van der Waals surface area contributed by atoms with E-state index in [9.17, 15) is 17.6 Å². The van der Waals surface area contributed by atoms with E-state index in [0.29, 0.717) is 25.1 Å². The van der Waals surface area contributed by atoms with E-state index in [1.54, 1.807) is 11.8 Å². The van der Waals surface area contributed by atoms with Crippen molar-refractivity contribution in [2.45, 2.75) is 28.7 Å². The van der Waals surface area contributed by atoms with Crippen LogP contribution in [0.25, 0.3) is 0 Å². The molecule has 1 saturated heterocycles. The van der Waals surface area contributed by atoms with Crippen molar-refractivity contribution in [1.29, 1.82) is 0 Å². The fourth-order valence-corrected chi connectivity index (χ4v) is 5.56. The summed E-state index contributed by atoms with van der Waals surface area (Å²) in [7, 11) is -4.04. The molecule has 3 rings (SSSR count). The summed E-state index contributed by atoms with van der Waals surface area (Å²) < 4.78 is 40.7. The van der Waals surface area contributed by atoms with Gasteiger partial charge in [0.25, 0.3) is 0 Å². The summed E-state index contributed by atoms with van der Waals surface area (Å²) in [4.78, 5) is 13.2. The molecule has 1 aliphatic heterocycles. The Kier molecular flexibility index (Phi) is 6.51. The molecule has 0 aliphatic carbocycles. The minimum Gasteiger partial charge on any atom is -0.354 e. The van der Waals surface area contributed by atoms with E-state index in [4.69, 9.17) is 0 Å². The van der Waals surface area contributed by atoms with Gasteiger partial charge in [-0.3, -0.25) is 4.79 Å². The van der Waals surface area contributed by atoms with Crippen molar-refractivity contribution in [3.8, 4) is 0 Å². The first kappa shape index (κ1) is 19.9. The molecule has 2 aromatic carbocycles. The lowest BCUT2D eigenvalue weighted by Gasteiger charge is -2.23. The number of thioether (sulfide) groups is 1. The third-order valence-electron chi connectivity index (χ3n) is 4.34. The van der Waals surface area contributed by atoms with Crippen LogP contribution in [0.15, 0.2) is 64.4 Å². The van der Waals surface area contributed by atoms with Gasteiger partial charge in [-0.05, 0) is 37.1 Å². The van der Waals surface area contributed by atoms with Gasteiger partial charge in [0.1, 0.15) is 16.8 Å². The quantitative estimate of drug-likeness (QED) is 0.565. The summed E-state index contributed by atoms with van der Waals surface area (Å²) in [6, 6.07) is 14.3. The minimum absolute atomic E-state index is 0.216. The molecule has 1 heterocycles. The Bertz CT molecular complexity index is 891. The molecule has 144 valence electrons. The van der Waals surface area contributed by atoms with Crippen LogP contribution in [-0.4, -0.2) is 43.5 Å². The molecule has 5 nitrogen and oxygen atoms in total. The van der Waals surface area contributed by atoms with Crippen LogP contribution in [0, 0.1) is 5.82 Å². The maximum Gasteiger partial charge on any atom is 0.246 e. The molecule has 1 unspecified atom stereocenters. The number of hydrogen-bond donors (Lipinski definition) is 1. The Morgan fingerprint density at radius 1 is 1.15 bits per heavy atom. The molecular formula is C19H21FN2O3S2. The van der Waals surface area contributed by atoms with Crippen LogP contribution in [0.5, 0.6) is 0 Å². The predicted octanol–water partition coefficient (Wildman–Crippen LogP) is 2.89. The van der Waals surface area contributed by atoms with Gasteiger partial charge in [0, 0.05) is 23.7 Å². The van der Waals surface area contributed by atoms with E-state index in [1.165, 1.54) is 18.2 Å². The number of nitrogens with one attached hydrogen (secondary N) is 1. The third-order valence-corrected chi connectivity index (χ3v) is 7.30. The van der Waals surface area contributed by atoms with Gasteiger partial charge in [-0.15, -0.1) is 11.8 Å². The first-order valence-electron chi connectivity index (χ1n) is 8.72. The largest absolute Gasteiger partial charge is 0.354 e. The fourth-order valence-electron chi connectivity index (χ4n) is 3.05. The summed E-state index contributed by atoms with van der Waals surface area (Å²) in [5, 5.41) is 2.80. The Balaban J connectivity index is 1.60. The van der Waals surface area contributed by atoms with Crippen molar-refractivity contribution in [2.24, 2.45) is 0 Å². The highest BCUT2D eigenvalue weighted by Crippen LogP contribution is 2.27. The second-order valence-corrected chi connectivity index (χ2v) is 9.18. The summed E-state index contributed by atoms with van der Waals surface area (Å²) in [6.45, 7) is 0.649. The van der Waals surface area contributed by atoms with Crippen LogP contribution in [0.3, 0.4) is 0 Å². The second kappa shape index (κ2) is 8.86. The molecule has 1 atom stereocenters. The molecule has 1 amide bonds. The SMILES string of the molecule is O=C(NCCSc1ccccc1)C1CCCN1S(=O)(=O)c1ccccc1F. The van der Waals surface area contributed by atoms with Crippen LogP contribution in [0.1, 0.15) is 12.8 Å². The molecule has 0 spiro atoms. The zero-order valence-corrected chi connectivity index (χ0v) is 16.3. The molecule has 0 radical (unpaired) electrons. The van der Waals surface area contributed by atoms with Gasteiger partial charge < -0.3 is 5.32 Å². The number of nitrogens with zero attached hydrogens (tertiary/aromatic N) is 1. The van der Waals surface area contributed by atoms with Crippen molar-refractivity contribution in [3.63, 3.8) is 0 Å². The second-order valence-electron chi connectivity index (χ2n) is 6.16. The van der Waals surface area contributed by atoms with Gasteiger partial charge in [-0.25, -0.2) is 12.8 Å². The number of halogens is 1. The smallest absolute Gasteiger partial charge is 0.246 e. The van der Waals surface area contributed by atoms with Gasteiger partial charge in [-0.1, -0.05) is 30.3 Å².